The molecule has 0 radical (unpaired) electrons. The molecule has 0 saturated carbocycles. The second kappa shape index (κ2) is 3.56. The predicted molar refractivity (Wildman–Crippen MR) is 60.8 cm³/mol. The van der Waals surface area contributed by atoms with Gasteiger partial charge < -0.3 is 10.3 Å². The normalized spacial score (nSPS) is 25.4. The highest BCUT2D eigenvalue weighted by atomic mass is 19.1. The standard InChI is InChI=1S/C12H14FN3/c1-7-5-14-6-9(7)12-15-10-3-2-8(13)4-11(10)16-12/h2-4,7,9,14H,5-6H2,1H3,(H,15,16). The molecule has 2 N–H and O–H groups in total. The molecule has 0 spiro atoms. The molecule has 3 rings (SSSR count). The molecule has 3 nitrogen and oxygen atoms in total. The van der Waals surface area contributed by atoms with Crippen LogP contribution >= 0.6 is 0 Å². The van der Waals surface area contributed by atoms with Gasteiger partial charge in [-0.25, -0.2) is 9.37 Å². The van der Waals surface area contributed by atoms with Gasteiger partial charge in [-0.1, -0.05) is 6.92 Å². The maximum absolute atomic E-state index is 13.0. The smallest absolute Gasteiger partial charge is 0.125 e. The van der Waals surface area contributed by atoms with Crippen molar-refractivity contribution in [3.05, 3.63) is 29.8 Å². The number of nitrogens with one attached hydrogen (secondary N) is 2. The fraction of sp³-hybridized carbons (Fsp3) is 0.417. The van der Waals surface area contributed by atoms with Crippen molar-refractivity contribution in [2.75, 3.05) is 13.1 Å². The minimum atomic E-state index is -0.222. The van der Waals surface area contributed by atoms with Crippen molar-refractivity contribution in [2.24, 2.45) is 5.92 Å². The Kier molecular flexibility index (Phi) is 2.17. The van der Waals surface area contributed by atoms with E-state index >= 15 is 0 Å². The molecule has 1 aliphatic rings. The summed E-state index contributed by atoms with van der Waals surface area (Å²) in [5.41, 5.74) is 1.63. The van der Waals surface area contributed by atoms with E-state index in [0.29, 0.717) is 11.8 Å². The number of H-pyrrole nitrogens is 1. The number of hydrogen-bond donors (Lipinski definition) is 2. The Balaban J connectivity index is 2.04. The molecule has 2 unspecified atom stereocenters. The average Bonchev–Trinajstić information content (AvgIpc) is 2.82. The number of nitrogens with zero attached hydrogens (tertiary/aromatic N) is 1. The first-order valence-electron chi connectivity index (χ1n) is 5.60. The van der Waals surface area contributed by atoms with E-state index in [0.717, 1.165) is 29.9 Å². The van der Waals surface area contributed by atoms with Gasteiger partial charge in [-0.15, -0.1) is 0 Å². The zero-order chi connectivity index (χ0) is 11.1. The summed E-state index contributed by atoms with van der Waals surface area (Å²) >= 11 is 0. The Morgan fingerprint density at radius 2 is 2.25 bits per heavy atom. The molecule has 4 heteroatoms. The number of halogens is 1. The number of fused-ring (bicyclic) bond motifs is 1. The predicted octanol–water partition coefficient (Wildman–Crippen LogP) is 2.02. The molecule has 0 aliphatic carbocycles. The van der Waals surface area contributed by atoms with E-state index < -0.39 is 0 Å². The number of hydrogen-bond acceptors (Lipinski definition) is 2. The van der Waals surface area contributed by atoms with E-state index in [2.05, 4.69) is 22.2 Å². The van der Waals surface area contributed by atoms with E-state index in [1.54, 1.807) is 6.07 Å². The highest BCUT2D eigenvalue weighted by Gasteiger charge is 2.27. The first-order chi connectivity index (χ1) is 7.74. The Hall–Kier alpha value is -1.42. The fourth-order valence-electron chi connectivity index (χ4n) is 2.35. The minimum Gasteiger partial charge on any atom is -0.342 e. The van der Waals surface area contributed by atoms with Crippen LogP contribution in [0.25, 0.3) is 11.0 Å². The van der Waals surface area contributed by atoms with Gasteiger partial charge in [0.1, 0.15) is 11.6 Å². The van der Waals surface area contributed by atoms with Crippen LogP contribution in [0.1, 0.15) is 18.7 Å². The van der Waals surface area contributed by atoms with Crippen molar-refractivity contribution in [1.82, 2.24) is 15.3 Å². The molecule has 1 fully saturated rings. The van der Waals surface area contributed by atoms with Crippen LogP contribution in [0.2, 0.25) is 0 Å². The first kappa shape index (κ1) is 9.78. The maximum atomic E-state index is 13.0. The van der Waals surface area contributed by atoms with E-state index in [1.807, 2.05) is 0 Å². The molecule has 84 valence electrons. The van der Waals surface area contributed by atoms with E-state index in [9.17, 15) is 4.39 Å². The topological polar surface area (TPSA) is 40.7 Å². The van der Waals surface area contributed by atoms with Gasteiger partial charge in [0.15, 0.2) is 0 Å². The van der Waals surface area contributed by atoms with Crippen molar-refractivity contribution < 1.29 is 4.39 Å². The summed E-state index contributed by atoms with van der Waals surface area (Å²) in [6, 6.07) is 4.67. The van der Waals surface area contributed by atoms with E-state index in [4.69, 9.17) is 0 Å². The Morgan fingerprint density at radius 3 is 3.00 bits per heavy atom. The third-order valence-electron chi connectivity index (χ3n) is 3.33. The van der Waals surface area contributed by atoms with Crippen molar-refractivity contribution in [1.29, 1.82) is 0 Å². The van der Waals surface area contributed by atoms with Crippen LogP contribution < -0.4 is 5.32 Å². The number of benzene rings is 1. The lowest BCUT2D eigenvalue weighted by atomic mass is 9.98. The number of aromatic nitrogens is 2. The molecule has 2 aromatic rings. The molecule has 1 aromatic heterocycles. The monoisotopic (exact) mass is 219 g/mol. The summed E-state index contributed by atoms with van der Waals surface area (Å²) in [7, 11) is 0. The molecule has 1 aromatic carbocycles. The molecule has 1 saturated heterocycles. The van der Waals surface area contributed by atoms with Gasteiger partial charge >= 0.3 is 0 Å². The Bertz CT molecular complexity index is 520. The molecule has 2 heterocycles. The van der Waals surface area contributed by atoms with Crippen LogP contribution in [0.4, 0.5) is 4.39 Å². The summed E-state index contributed by atoms with van der Waals surface area (Å²) < 4.78 is 13.0. The van der Waals surface area contributed by atoms with Gasteiger partial charge in [-0.3, -0.25) is 0 Å². The van der Waals surface area contributed by atoms with Crippen molar-refractivity contribution in [3.8, 4) is 0 Å². The van der Waals surface area contributed by atoms with Crippen LogP contribution in [-0.2, 0) is 0 Å². The SMILES string of the molecule is CC1CNCC1c1nc2ccc(F)cc2[nH]1. The number of rotatable bonds is 1. The van der Waals surface area contributed by atoms with Crippen molar-refractivity contribution in [2.45, 2.75) is 12.8 Å². The van der Waals surface area contributed by atoms with Gasteiger partial charge in [0.05, 0.1) is 11.0 Å². The lowest BCUT2D eigenvalue weighted by Gasteiger charge is -2.09. The highest BCUT2D eigenvalue weighted by molar-refractivity contribution is 5.75. The van der Waals surface area contributed by atoms with Gasteiger partial charge in [-0.2, -0.15) is 0 Å². The van der Waals surface area contributed by atoms with Crippen molar-refractivity contribution in [3.63, 3.8) is 0 Å². The van der Waals surface area contributed by atoms with Crippen LogP contribution in [0, 0.1) is 11.7 Å². The molecule has 0 bridgehead atoms. The fourth-order valence-corrected chi connectivity index (χ4v) is 2.35. The maximum Gasteiger partial charge on any atom is 0.125 e. The lowest BCUT2D eigenvalue weighted by Crippen LogP contribution is -2.09. The highest BCUT2D eigenvalue weighted by Crippen LogP contribution is 2.27. The van der Waals surface area contributed by atoms with Gasteiger partial charge in [-0.05, 0) is 30.7 Å². The van der Waals surface area contributed by atoms with Crippen LogP contribution in [-0.4, -0.2) is 23.1 Å². The third-order valence-corrected chi connectivity index (χ3v) is 3.33. The molecular formula is C12H14FN3. The third kappa shape index (κ3) is 1.50. The van der Waals surface area contributed by atoms with Gasteiger partial charge in [0.2, 0.25) is 0 Å². The summed E-state index contributed by atoms with van der Waals surface area (Å²) in [5, 5.41) is 3.34. The average molecular weight is 219 g/mol. The Morgan fingerprint density at radius 1 is 1.38 bits per heavy atom. The summed E-state index contributed by atoms with van der Waals surface area (Å²) in [5.74, 6) is 1.74. The molecule has 2 atom stereocenters. The van der Waals surface area contributed by atoms with Gasteiger partial charge in [0.25, 0.3) is 0 Å². The quantitative estimate of drug-likeness (QED) is 0.770. The minimum absolute atomic E-state index is 0.222. The van der Waals surface area contributed by atoms with E-state index in [-0.39, 0.29) is 5.82 Å². The second-order valence-corrected chi connectivity index (χ2v) is 4.53. The van der Waals surface area contributed by atoms with Crippen molar-refractivity contribution >= 4 is 11.0 Å². The molecule has 1 aliphatic heterocycles. The summed E-state index contributed by atoms with van der Waals surface area (Å²) in [4.78, 5) is 7.74. The van der Waals surface area contributed by atoms with Crippen LogP contribution in [0.5, 0.6) is 0 Å². The number of aromatic amines is 1. The summed E-state index contributed by atoms with van der Waals surface area (Å²) in [6.07, 6.45) is 0. The molecular weight excluding hydrogens is 205 g/mol. The first-order valence-corrected chi connectivity index (χ1v) is 5.60. The van der Waals surface area contributed by atoms with Crippen LogP contribution in [0.15, 0.2) is 18.2 Å². The summed E-state index contributed by atoms with van der Waals surface area (Å²) in [6.45, 7) is 4.18. The zero-order valence-corrected chi connectivity index (χ0v) is 9.13. The molecule has 16 heavy (non-hydrogen) atoms. The number of imidazole rings is 1. The Labute approximate surface area is 93.1 Å². The largest absolute Gasteiger partial charge is 0.342 e. The van der Waals surface area contributed by atoms with Crippen LogP contribution in [0.3, 0.4) is 0 Å². The van der Waals surface area contributed by atoms with E-state index in [1.165, 1.54) is 12.1 Å². The van der Waals surface area contributed by atoms with Gasteiger partial charge in [0, 0.05) is 12.5 Å². The zero-order valence-electron chi connectivity index (χ0n) is 9.13. The second-order valence-electron chi connectivity index (χ2n) is 4.53. The lowest BCUT2D eigenvalue weighted by molar-refractivity contribution is 0.551. The molecule has 0 amide bonds.